The van der Waals surface area contributed by atoms with Crippen LogP contribution in [0.3, 0.4) is 0 Å². The zero-order valence-corrected chi connectivity index (χ0v) is 18.2. The van der Waals surface area contributed by atoms with Crippen molar-refractivity contribution in [3.63, 3.8) is 0 Å². The molecule has 1 atom stereocenters. The molecule has 0 saturated carbocycles. The van der Waals surface area contributed by atoms with Crippen molar-refractivity contribution < 1.29 is 15.1 Å². The third-order valence-corrected chi connectivity index (χ3v) is 5.14. The maximum Gasteiger partial charge on any atom is 0.0900 e. The van der Waals surface area contributed by atoms with Gasteiger partial charge in [0.05, 0.1) is 18.8 Å². The standard InChI is InChI=1S/C20H42N2O3/c1-17(2,3)21(18(4,5)6)13-15(23)14-25-16-11-19(7,8)22(24)20(9,10)12-16/h15-16,23-24H,11-14H2,1-10H3. The van der Waals surface area contributed by atoms with E-state index in [0.717, 1.165) is 12.8 Å². The number of β-amino-alcohol motifs (C(OH)–C–C–N with tert-alkyl or cyclic N) is 1. The Bertz CT molecular complexity index is 403. The molecule has 1 rings (SSSR count). The Morgan fingerprint density at radius 3 is 1.76 bits per heavy atom. The smallest absolute Gasteiger partial charge is 0.0900 e. The quantitative estimate of drug-likeness (QED) is 0.785. The minimum atomic E-state index is -0.531. The van der Waals surface area contributed by atoms with Crippen LogP contribution in [0, 0.1) is 0 Å². The average molecular weight is 359 g/mol. The summed E-state index contributed by atoms with van der Waals surface area (Å²) in [5, 5.41) is 22.4. The highest BCUT2D eigenvalue weighted by molar-refractivity contribution is 4.97. The Morgan fingerprint density at radius 2 is 1.40 bits per heavy atom. The van der Waals surface area contributed by atoms with Crippen molar-refractivity contribution >= 4 is 0 Å². The van der Waals surface area contributed by atoms with Crippen LogP contribution in [-0.2, 0) is 4.74 Å². The van der Waals surface area contributed by atoms with Crippen molar-refractivity contribution in [1.29, 1.82) is 0 Å². The Hall–Kier alpha value is -0.200. The summed E-state index contributed by atoms with van der Waals surface area (Å²) >= 11 is 0. The van der Waals surface area contributed by atoms with Crippen LogP contribution in [0.4, 0.5) is 0 Å². The maximum absolute atomic E-state index is 10.6. The molecule has 0 aromatic rings. The molecule has 25 heavy (non-hydrogen) atoms. The zero-order valence-electron chi connectivity index (χ0n) is 18.2. The fourth-order valence-corrected chi connectivity index (χ4v) is 4.36. The molecule has 1 fully saturated rings. The molecule has 0 bridgehead atoms. The molecule has 0 spiro atoms. The lowest BCUT2D eigenvalue weighted by molar-refractivity contribution is -0.262. The van der Waals surface area contributed by atoms with Crippen LogP contribution in [0.15, 0.2) is 0 Å². The van der Waals surface area contributed by atoms with E-state index in [-0.39, 0.29) is 28.3 Å². The molecule has 5 nitrogen and oxygen atoms in total. The fraction of sp³-hybridized carbons (Fsp3) is 1.00. The lowest BCUT2D eigenvalue weighted by atomic mass is 9.80. The average Bonchev–Trinajstić information content (AvgIpc) is 2.36. The number of piperidine rings is 1. The Balaban J connectivity index is 2.66. The van der Waals surface area contributed by atoms with Crippen LogP contribution in [0.5, 0.6) is 0 Å². The molecule has 0 radical (unpaired) electrons. The molecule has 1 heterocycles. The predicted octanol–water partition coefficient (Wildman–Crippen LogP) is 3.67. The van der Waals surface area contributed by atoms with Gasteiger partial charge in [-0.3, -0.25) is 4.90 Å². The van der Waals surface area contributed by atoms with E-state index in [9.17, 15) is 10.3 Å². The Labute approximate surface area is 155 Å². The topological polar surface area (TPSA) is 56.2 Å². The van der Waals surface area contributed by atoms with Crippen molar-refractivity contribution in [2.75, 3.05) is 13.2 Å². The van der Waals surface area contributed by atoms with Gasteiger partial charge in [0, 0.05) is 28.7 Å². The first-order valence-electron chi connectivity index (χ1n) is 9.53. The molecule has 0 amide bonds. The van der Waals surface area contributed by atoms with E-state index < -0.39 is 6.10 Å². The first-order chi connectivity index (χ1) is 11.0. The molecular weight excluding hydrogens is 316 g/mol. The van der Waals surface area contributed by atoms with Gasteiger partial charge in [0.15, 0.2) is 0 Å². The fourth-order valence-electron chi connectivity index (χ4n) is 4.36. The first kappa shape index (κ1) is 22.8. The molecule has 150 valence electrons. The van der Waals surface area contributed by atoms with Gasteiger partial charge in [-0.2, -0.15) is 5.06 Å². The van der Waals surface area contributed by atoms with E-state index in [2.05, 4.69) is 46.4 Å². The molecular formula is C20H42N2O3. The molecule has 2 N–H and O–H groups in total. The summed E-state index contributed by atoms with van der Waals surface area (Å²) < 4.78 is 6.08. The van der Waals surface area contributed by atoms with Crippen molar-refractivity contribution in [3.8, 4) is 0 Å². The Kier molecular flexibility index (Phi) is 6.79. The van der Waals surface area contributed by atoms with Crippen molar-refractivity contribution in [1.82, 2.24) is 9.96 Å². The lowest BCUT2D eigenvalue weighted by Crippen LogP contribution is -2.60. The molecule has 0 aromatic heterocycles. The van der Waals surface area contributed by atoms with Crippen LogP contribution in [0.25, 0.3) is 0 Å². The molecule has 1 aliphatic heterocycles. The van der Waals surface area contributed by atoms with Gasteiger partial charge >= 0.3 is 0 Å². The summed E-state index contributed by atoms with van der Waals surface area (Å²) in [6.07, 6.45) is 1.02. The first-order valence-corrected chi connectivity index (χ1v) is 9.53. The monoisotopic (exact) mass is 358 g/mol. The molecule has 0 aromatic carbocycles. The van der Waals surface area contributed by atoms with Gasteiger partial charge in [0.2, 0.25) is 0 Å². The summed E-state index contributed by atoms with van der Waals surface area (Å²) in [7, 11) is 0. The molecule has 5 heteroatoms. The van der Waals surface area contributed by atoms with E-state index in [1.165, 1.54) is 5.06 Å². The second-order valence-electron chi connectivity index (χ2n) is 10.9. The van der Waals surface area contributed by atoms with Crippen LogP contribution in [-0.4, -0.2) is 67.8 Å². The van der Waals surface area contributed by atoms with Gasteiger partial charge in [0.25, 0.3) is 0 Å². The summed E-state index contributed by atoms with van der Waals surface area (Å²) in [5.41, 5.74) is -0.711. The summed E-state index contributed by atoms with van der Waals surface area (Å²) in [5.74, 6) is 0. The van der Waals surface area contributed by atoms with E-state index in [1.807, 2.05) is 27.7 Å². The summed E-state index contributed by atoms with van der Waals surface area (Å²) in [6.45, 7) is 22.1. The van der Waals surface area contributed by atoms with Crippen molar-refractivity contribution in [3.05, 3.63) is 0 Å². The van der Waals surface area contributed by atoms with Crippen molar-refractivity contribution in [2.45, 2.75) is 116 Å². The Morgan fingerprint density at radius 1 is 1.00 bits per heavy atom. The summed E-state index contributed by atoms with van der Waals surface area (Å²) in [6, 6.07) is 0. The number of hydrogen-bond donors (Lipinski definition) is 2. The highest BCUT2D eigenvalue weighted by Gasteiger charge is 2.45. The predicted molar refractivity (Wildman–Crippen MR) is 103 cm³/mol. The van der Waals surface area contributed by atoms with Crippen LogP contribution < -0.4 is 0 Å². The number of nitrogens with zero attached hydrogens (tertiary/aromatic N) is 2. The highest BCUT2D eigenvalue weighted by atomic mass is 16.5. The van der Waals surface area contributed by atoms with Gasteiger partial charge in [-0.15, -0.1) is 0 Å². The van der Waals surface area contributed by atoms with E-state index >= 15 is 0 Å². The zero-order chi connectivity index (χ0) is 19.8. The largest absolute Gasteiger partial charge is 0.389 e. The van der Waals surface area contributed by atoms with E-state index in [0.29, 0.717) is 13.2 Å². The van der Waals surface area contributed by atoms with Gasteiger partial charge in [0.1, 0.15) is 0 Å². The maximum atomic E-state index is 10.6. The normalized spacial score (nSPS) is 23.9. The highest BCUT2D eigenvalue weighted by Crippen LogP contribution is 2.38. The third kappa shape index (κ3) is 6.17. The van der Waals surface area contributed by atoms with Crippen LogP contribution >= 0.6 is 0 Å². The molecule has 1 saturated heterocycles. The number of ether oxygens (including phenoxy) is 1. The molecule has 0 aliphatic carbocycles. The second kappa shape index (κ2) is 7.43. The number of aliphatic hydroxyl groups is 1. The van der Waals surface area contributed by atoms with Gasteiger partial charge < -0.3 is 15.1 Å². The number of hydroxylamine groups is 2. The van der Waals surface area contributed by atoms with Gasteiger partial charge in [-0.1, -0.05) is 0 Å². The third-order valence-electron chi connectivity index (χ3n) is 5.14. The van der Waals surface area contributed by atoms with Crippen molar-refractivity contribution in [2.24, 2.45) is 0 Å². The molecule has 1 aliphatic rings. The molecule has 1 unspecified atom stereocenters. The minimum absolute atomic E-state index is 0.0224. The minimum Gasteiger partial charge on any atom is -0.389 e. The second-order valence-corrected chi connectivity index (χ2v) is 10.9. The number of aliphatic hydroxyl groups excluding tert-OH is 1. The van der Waals surface area contributed by atoms with Crippen LogP contribution in [0.1, 0.15) is 82.1 Å². The van der Waals surface area contributed by atoms with Crippen LogP contribution in [0.2, 0.25) is 0 Å². The SMILES string of the molecule is CC(C)(C)N(CC(O)COC1CC(C)(C)N(O)C(C)(C)C1)C(C)(C)C. The number of hydrogen-bond acceptors (Lipinski definition) is 5. The lowest BCUT2D eigenvalue weighted by Gasteiger charge is -2.51. The van der Waals surface area contributed by atoms with Gasteiger partial charge in [-0.25, -0.2) is 0 Å². The summed E-state index contributed by atoms with van der Waals surface area (Å²) in [4.78, 5) is 2.32. The van der Waals surface area contributed by atoms with E-state index in [4.69, 9.17) is 4.74 Å². The number of rotatable bonds is 5. The van der Waals surface area contributed by atoms with Gasteiger partial charge in [-0.05, 0) is 82.1 Å². The van der Waals surface area contributed by atoms with E-state index in [1.54, 1.807) is 0 Å².